The van der Waals surface area contributed by atoms with Crippen LogP contribution in [0.4, 0.5) is 0 Å². The van der Waals surface area contributed by atoms with Crippen LogP contribution in [0.15, 0.2) is 24.3 Å². The molecule has 26 heavy (non-hydrogen) atoms. The van der Waals surface area contributed by atoms with Crippen LogP contribution in [0.25, 0.3) is 0 Å². The van der Waals surface area contributed by atoms with Gasteiger partial charge in [-0.1, -0.05) is 75.6 Å². The van der Waals surface area contributed by atoms with E-state index >= 15 is 0 Å². The van der Waals surface area contributed by atoms with Gasteiger partial charge in [0.05, 0.1) is 11.6 Å². The Morgan fingerprint density at radius 1 is 0.846 bits per heavy atom. The van der Waals surface area contributed by atoms with Crippen molar-refractivity contribution in [3.05, 3.63) is 29.3 Å². The summed E-state index contributed by atoms with van der Waals surface area (Å²) in [5.74, 6) is -0.302. The summed E-state index contributed by atoms with van der Waals surface area (Å²) in [7, 11) is 0. The van der Waals surface area contributed by atoms with Crippen LogP contribution < -0.4 is 4.74 Å². The second-order valence-corrected chi connectivity index (χ2v) is 6.86. The second kappa shape index (κ2) is 14.6. The predicted molar refractivity (Wildman–Crippen MR) is 105 cm³/mol. The number of unbranched alkanes of at least 4 members (excludes halogenated alkanes) is 7. The zero-order valence-corrected chi connectivity index (χ0v) is 16.6. The SMILES string of the molecule is CCCCCCCCCCOC(=O)CCCC(=O)Oc1ccccc1Cl. The molecule has 1 aromatic carbocycles. The fraction of sp³-hybridized carbons (Fsp3) is 0.619. The first kappa shape index (κ1) is 22.5. The molecule has 0 spiro atoms. The van der Waals surface area contributed by atoms with Crippen molar-refractivity contribution in [2.24, 2.45) is 0 Å². The predicted octanol–water partition coefficient (Wildman–Crippen LogP) is 6.10. The Morgan fingerprint density at radius 2 is 1.46 bits per heavy atom. The second-order valence-electron chi connectivity index (χ2n) is 6.45. The Balaban J connectivity index is 1.98. The van der Waals surface area contributed by atoms with E-state index in [9.17, 15) is 9.59 Å². The van der Waals surface area contributed by atoms with Gasteiger partial charge >= 0.3 is 11.9 Å². The van der Waals surface area contributed by atoms with Crippen LogP contribution in [0, 0.1) is 0 Å². The fourth-order valence-corrected chi connectivity index (χ4v) is 2.75. The largest absolute Gasteiger partial charge is 0.466 e. The Hall–Kier alpha value is -1.55. The highest BCUT2D eigenvalue weighted by Crippen LogP contribution is 2.23. The molecule has 0 amide bonds. The van der Waals surface area contributed by atoms with E-state index in [0.717, 1.165) is 12.8 Å². The van der Waals surface area contributed by atoms with Crippen molar-refractivity contribution in [3.8, 4) is 5.75 Å². The van der Waals surface area contributed by atoms with Crippen LogP contribution in [0.2, 0.25) is 5.02 Å². The fourth-order valence-electron chi connectivity index (χ4n) is 2.57. The molecule has 0 bridgehead atoms. The number of rotatable bonds is 14. The van der Waals surface area contributed by atoms with Gasteiger partial charge in [-0.3, -0.25) is 9.59 Å². The molecule has 0 fully saturated rings. The molecule has 0 aliphatic rings. The molecule has 1 aromatic rings. The van der Waals surface area contributed by atoms with E-state index in [2.05, 4.69) is 6.92 Å². The molecule has 0 N–H and O–H groups in total. The van der Waals surface area contributed by atoms with Crippen molar-refractivity contribution in [1.82, 2.24) is 0 Å². The molecule has 0 aliphatic carbocycles. The number of carbonyl (C=O) groups is 2. The van der Waals surface area contributed by atoms with E-state index in [4.69, 9.17) is 21.1 Å². The molecule has 0 unspecified atom stereocenters. The van der Waals surface area contributed by atoms with E-state index in [1.807, 2.05) is 0 Å². The van der Waals surface area contributed by atoms with Gasteiger partial charge in [0.1, 0.15) is 5.75 Å². The van der Waals surface area contributed by atoms with Gasteiger partial charge in [-0.2, -0.15) is 0 Å². The van der Waals surface area contributed by atoms with Crippen LogP contribution >= 0.6 is 11.6 Å². The van der Waals surface area contributed by atoms with Gasteiger partial charge in [0.25, 0.3) is 0 Å². The van der Waals surface area contributed by atoms with Crippen molar-refractivity contribution < 1.29 is 19.1 Å². The van der Waals surface area contributed by atoms with Crippen LogP contribution in [-0.4, -0.2) is 18.5 Å². The molecule has 0 atom stereocenters. The quantitative estimate of drug-likeness (QED) is 0.221. The molecule has 5 heteroatoms. The van der Waals surface area contributed by atoms with Gasteiger partial charge in [-0.05, 0) is 25.0 Å². The van der Waals surface area contributed by atoms with Crippen molar-refractivity contribution in [3.63, 3.8) is 0 Å². The van der Waals surface area contributed by atoms with E-state index in [-0.39, 0.29) is 18.8 Å². The highest BCUT2D eigenvalue weighted by Gasteiger charge is 2.10. The first-order chi connectivity index (χ1) is 12.6. The summed E-state index contributed by atoms with van der Waals surface area (Å²) < 4.78 is 10.4. The number of para-hydroxylation sites is 1. The number of ether oxygens (including phenoxy) is 2. The minimum absolute atomic E-state index is 0.165. The first-order valence-electron chi connectivity index (χ1n) is 9.74. The van der Waals surface area contributed by atoms with E-state index < -0.39 is 5.97 Å². The lowest BCUT2D eigenvalue weighted by Gasteiger charge is -2.06. The van der Waals surface area contributed by atoms with Gasteiger partial charge in [0.2, 0.25) is 0 Å². The summed E-state index contributed by atoms with van der Waals surface area (Å²) in [4.78, 5) is 23.4. The third-order valence-electron chi connectivity index (χ3n) is 4.08. The molecule has 0 aromatic heterocycles. The molecule has 0 saturated carbocycles. The molecule has 4 nitrogen and oxygen atoms in total. The standard InChI is InChI=1S/C21H31ClO4/c1-2-3-4-5-6-7-8-11-17-25-20(23)15-12-16-21(24)26-19-14-10-9-13-18(19)22/h9-10,13-14H,2-8,11-12,15-17H2,1H3. The van der Waals surface area contributed by atoms with E-state index in [1.54, 1.807) is 24.3 Å². The molecule has 0 heterocycles. The maximum atomic E-state index is 11.7. The number of carbonyl (C=O) groups excluding carboxylic acids is 2. The lowest BCUT2D eigenvalue weighted by Crippen LogP contribution is -2.10. The number of esters is 2. The molecule has 1 rings (SSSR count). The molecule has 0 radical (unpaired) electrons. The van der Waals surface area contributed by atoms with Gasteiger partial charge in [-0.25, -0.2) is 0 Å². The molecule has 0 aliphatic heterocycles. The zero-order chi connectivity index (χ0) is 19.0. The maximum absolute atomic E-state index is 11.7. The van der Waals surface area contributed by atoms with Crippen LogP contribution in [0.5, 0.6) is 5.75 Å². The van der Waals surface area contributed by atoms with Crippen LogP contribution in [-0.2, 0) is 14.3 Å². The van der Waals surface area contributed by atoms with Crippen LogP contribution in [0.3, 0.4) is 0 Å². The van der Waals surface area contributed by atoms with Crippen molar-refractivity contribution in [2.45, 2.75) is 77.6 Å². The normalized spacial score (nSPS) is 10.5. The molecule has 0 saturated heterocycles. The maximum Gasteiger partial charge on any atom is 0.311 e. The van der Waals surface area contributed by atoms with Gasteiger partial charge in [0.15, 0.2) is 0 Å². The van der Waals surface area contributed by atoms with Crippen molar-refractivity contribution in [1.29, 1.82) is 0 Å². The van der Waals surface area contributed by atoms with Crippen molar-refractivity contribution >= 4 is 23.5 Å². The Kier molecular flexibility index (Phi) is 12.6. The average molecular weight is 383 g/mol. The number of benzene rings is 1. The summed E-state index contributed by atoms with van der Waals surface area (Å²) in [6.45, 7) is 2.69. The Morgan fingerprint density at radius 3 is 2.15 bits per heavy atom. The first-order valence-corrected chi connectivity index (χ1v) is 10.1. The number of hydrogen-bond donors (Lipinski definition) is 0. The summed E-state index contributed by atoms with van der Waals surface area (Å²) in [5.41, 5.74) is 0. The highest BCUT2D eigenvalue weighted by atomic mass is 35.5. The van der Waals surface area contributed by atoms with Crippen molar-refractivity contribution in [2.75, 3.05) is 6.61 Å². The highest BCUT2D eigenvalue weighted by molar-refractivity contribution is 6.32. The van der Waals surface area contributed by atoms with Gasteiger partial charge in [-0.15, -0.1) is 0 Å². The molecule has 146 valence electrons. The van der Waals surface area contributed by atoms with E-state index in [0.29, 0.717) is 23.8 Å². The lowest BCUT2D eigenvalue weighted by atomic mass is 10.1. The summed E-state index contributed by atoms with van der Waals surface area (Å²) in [5, 5.41) is 0.394. The summed E-state index contributed by atoms with van der Waals surface area (Å²) in [6.07, 6.45) is 10.5. The average Bonchev–Trinajstić information content (AvgIpc) is 2.62. The topological polar surface area (TPSA) is 52.6 Å². The summed E-state index contributed by atoms with van der Waals surface area (Å²) in [6, 6.07) is 6.81. The number of halogens is 1. The van der Waals surface area contributed by atoms with E-state index in [1.165, 1.54) is 38.5 Å². The van der Waals surface area contributed by atoms with Gasteiger partial charge in [0, 0.05) is 12.8 Å². The molecular weight excluding hydrogens is 352 g/mol. The summed E-state index contributed by atoms with van der Waals surface area (Å²) >= 11 is 5.93. The monoisotopic (exact) mass is 382 g/mol. The Bertz CT molecular complexity index is 530. The third kappa shape index (κ3) is 11.1. The smallest absolute Gasteiger partial charge is 0.311 e. The minimum atomic E-state index is -0.394. The zero-order valence-electron chi connectivity index (χ0n) is 15.8. The molecular formula is C21H31ClO4. The Labute approximate surface area is 162 Å². The van der Waals surface area contributed by atoms with Gasteiger partial charge < -0.3 is 9.47 Å². The number of hydrogen-bond acceptors (Lipinski definition) is 4. The minimum Gasteiger partial charge on any atom is -0.466 e. The lowest BCUT2D eigenvalue weighted by molar-refractivity contribution is -0.144. The third-order valence-corrected chi connectivity index (χ3v) is 4.40. The van der Waals surface area contributed by atoms with Crippen LogP contribution in [0.1, 0.15) is 77.6 Å².